The van der Waals surface area contributed by atoms with Crippen LogP contribution < -0.4 is 15.5 Å². The van der Waals surface area contributed by atoms with E-state index in [2.05, 4.69) is 42.6 Å². The molecule has 3 amide bonds. The molecule has 10 rings (SSSR count). The molecule has 7 heterocycles. The zero-order valence-corrected chi connectivity index (χ0v) is 36.5. The Balaban J connectivity index is 0.712. The molecule has 21 heteroatoms. The highest BCUT2D eigenvalue weighted by Crippen LogP contribution is 2.41. The number of alkyl halides is 5. The predicted molar refractivity (Wildman–Crippen MR) is 233 cm³/mol. The van der Waals surface area contributed by atoms with Gasteiger partial charge in [-0.05, 0) is 69.4 Å². The maximum Gasteiger partial charge on any atom is 0.284 e. The Labute approximate surface area is 381 Å². The van der Waals surface area contributed by atoms with E-state index >= 15 is 4.39 Å². The molecule has 5 aromatic rings. The van der Waals surface area contributed by atoms with Crippen LogP contribution in [0.3, 0.4) is 0 Å². The summed E-state index contributed by atoms with van der Waals surface area (Å²) in [5.74, 6) is 5.08. The van der Waals surface area contributed by atoms with E-state index in [0.29, 0.717) is 56.8 Å². The van der Waals surface area contributed by atoms with Gasteiger partial charge in [-0.15, -0.1) is 0 Å². The molecule has 5 fully saturated rings. The summed E-state index contributed by atoms with van der Waals surface area (Å²) >= 11 is 0. The van der Waals surface area contributed by atoms with E-state index in [-0.39, 0.29) is 79.4 Å². The number of hydrogen-bond donors (Lipinski definition) is 2. The minimum atomic E-state index is -2.96. The molecule has 0 spiro atoms. The molecular formula is C46H50F5N11O5. The molecule has 16 nitrogen and oxygen atoms in total. The van der Waals surface area contributed by atoms with Crippen LogP contribution in [0.5, 0.6) is 0 Å². The summed E-state index contributed by atoms with van der Waals surface area (Å²) in [6.45, 7) is 1.97. The molecule has 3 saturated heterocycles. The van der Waals surface area contributed by atoms with Gasteiger partial charge in [0, 0.05) is 50.4 Å². The average Bonchev–Trinajstić information content (AvgIpc) is 3.74. The molecule has 2 aliphatic carbocycles. The van der Waals surface area contributed by atoms with Gasteiger partial charge in [-0.1, -0.05) is 24.0 Å². The Morgan fingerprint density at radius 2 is 1.81 bits per heavy atom. The van der Waals surface area contributed by atoms with Gasteiger partial charge in [-0.2, -0.15) is 15.3 Å². The second-order valence-corrected chi connectivity index (χ2v) is 18.1. The third kappa shape index (κ3) is 9.48. The van der Waals surface area contributed by atoms with Crippen LogP contribution in [-0.2, 0) is 19.1 Å². The predicted octanol–water partition coefficient (Wildman–Crippen LogP) is 6.00. The first-order chi connectivity index (χ1) is 32.5. The van der Waals surface area contributed by atoms with E-state index < -0.39 is 48.7 Å². The van der Waals surface area contributed by atoms with E-state index in [4.69, 9.17) is 14.6 Å². The first kappa shape index (κ1) is 44.8. The van der Waals surface area contributed by atoms with Crippen molar-refractivity contribution < 1.29 is 45.8 Å². The monoisotopic (exact) mass is 931 g/mol. The number of morpholine rings is 1. The number of likely N-dealkylation sites (tertiary alicyclic amines) is 1. The number of ether oxygens (including phenoxy) is 2. The highest BCUT2D eigenvalue weighted by molar-refractivity contribution is 6.08. The quantitative estimate of drug-likeness (QED) is 0.0856. The SMILES string of the molecule is O=C1CCC(c2nn(C3CC3)c3c(C#CCO[C@@H]4CCN(CC5CCC(n6cc(NC(=O)c7cnn8ccc(N9CCO[C@H](C(F)F)C9)nc78)c(C(F)F)n6)CC5)C[C@@H]4F)cccc23)C(=O)N1. The Morgan fingerprint density at radius 1 is 0.985 bits per heavy atom. The number of halogens is 5. The van der Waals surface area contributed by atoms with Crippen molar-refractivity contribution in [3.05, 3.63) is 65.4 Å². The van der Waals surface area contributed by atoms with Gasteiger partial charge in [-0.3, -0.25) is 34.0 Å². The van der Waals surface area contributed by atoms with Gasteiger partial charge < -0.3 is 19.7 Å². The van der Waals surface area contributed by atoms with Crippen LogP contribution in [0, 0.1) is 17.8 Å². The fraction of sp³-hybridized carbons (Fsp3) is 0.543. The number of rotatable bonds is 12. The lowest BCUT2D eigenvalue weighted by Crippen LogP contribution is -2.47. The molecule has 1 aromatic carbocycles. The Morgan fingerprint density at radius 3 is 2.57 bits per heavy atom. The topological polar surface area (TPSA) is 166 Å². The number of fused-ring (bicyclic) bond motifs is 2. The molecule has 0 radical (unpaired) electrons. The van der Waals surface area contributed by atoms with Crippen molar-refractivity contribution in [3.8, 4) is 11.8 Å². The van der Waals surface area contributed by atoms with Crippen LogP contribution >= 0.6 is 0 Å². The number of anilines is 2. The largest absolute Gasteiger partial charge is 0.369 e. The number of hydrogen-bond acceptors (Lipinski definition) is 11. The maximum absolute atomic E-state index is 15.6. The first-order valence-corrected chi connectivity index (χ1v) is 23.0. The third-order valence-corrected chi connectivity index (χ3v) is 13.6. The van der Waals surface area contributed by atoms with Crippen molar-refractivity contribution in [2.45, 2.75) is 107 Å². The van der Waals surface area contributed by atoms with Gasteiger partial charge in [0.15, 0.2) is 11.3 Å². The number of piperidine rings is 2. The van der Waals surface area contributed by atoms with E-state index in [1.54, 1.807) is 17.2 Å². The second kappa shape index (κ2) is 19.0. The molecular weight excluding hydrogens is 882 g/mol. The molecule has 2 N–H and O–H groups in total. The van der Waals surface area contributed by atoms with Crippen molar-refractivity contribution >= 4 is 45.8 Å². The minimum Gasteiger partial charge on any atom is -0.369 e. The van der Waals surface area contributed by atoms with Gasteiger partial charge in [0.1, 0.15) is 30.3 Å². The fourth-order valence-electron chi connectivity index (χ4n) is 9.92. The highest BCUT2D eigenvalue weighted by Gasteiger charge is 2.37. The van der Waals surface area contributed by atoms with E-state index in [0.717, 1.165) is 42.1 Å². The molecule has 2 saturated carbocycles. The summed E-state index contributed by atoms with van der Waals surface area (Å²) in [4.78, 5) is 46.3. The number of amides is 3. The van der Waals surface area contributed by atoms with Crippen molar-refractivity contribution in [3.63, 3.8) is 0 Å². The summed E-state index contributed by atoms with van der Waals surface area (Å²) in [7, 11) is 0. The van der Waals surface area contributed by atoms with Crippen molar-refractivity contribution in [2.24, 2.45) is 5.92 Å². The zero-order valence-electron chi connectivity index (χ0n) is 36.5. The summed E-state index contributed by atoms with van der Waals surface area (Å²) < 4.78 is 86.8. The number of carbonyl (C=O) groups is 3. The third-order valence-electron chi connectivity index (χ3n) is 13.6. The summed E-state index contributed by atoms with van der Waals surface area (Å²) in [5.41, 5.74) is 1.72. The highest BCUT2D eigenvalue weighted by atomic mass is 19.3. The smallest absolute Gasteiger partial charge is 0.284 e. The van der Waals surface area contributed by atoms with Gasteiger partial charge in [-0.25, -0.2) is 31.5 Å². The van der Waals surface area contributed by atoms with E-state index in [1.807, 2.05) is 22.9 Å². The Bertz CT molecular complexity index is 2720. The van der Waals surface area contributed by atoms with Gasteiger partial charge in [0.05, 0.1) is 65.9 Å². The lowest BCUT2D eigenvalue weighted by atomic mass is 9.85. The number of carbonyl (C=O) groups excluding carboxylic acids is 3. The van der Waals surface area contributed by atoms with Crippen LogP contribution in [0.25, 0.3) is 16.6 Å². The van der Waals surface area contributed by atoms with Crippen molar-refractivity contribution in [1.29, 1.82) is 0 Å². The number of nitrogens with one attached hydrogen (secondary N) is 2. The fourth-order valence-corrected chi connectivity index (χ4v) is 9.92. The normalized spacial score (nSPS) is 25.2. The van der Waals surface area contributed by atoms with Crippen molar-refractivity contribution in [2.75, 3.05) is 56.2 Å². The summed E-state index contributed by atoms with van der Waals surface area (Å²) in [5, 5.41) is 19.1. The lowest BCUT2D eigenvalue weighted by Gasteiger charge is -2.38. The number of imide groups is 1. The van der Waals surface area contributed by atoms with Gasteiger partial charge in [0.2, 0.25) is 11.8 Å². The van der Waals surface area contributed by atoms with Crippen LogP contribution in [0.2, 0.25) is 0 Å². The summed E-state index contributed by atoms with van der Waals surface area (Å²) in [6.07, 6.45) is 1.61. The van der Waals surface area contributed by atoms with Crippen LogP contribution in [0.1, 0.15) is 110 Å². The minimum absolute atomic E-state index is 0.0141. The standard InChI is InChI=1S/C46H50F5N11O5/c47-33-23-58(16-14-35(33)66-19-2-4-27-3-1-5-30-39(31-12-13-38(63)55-45(31)64)57-62(41(27)30)29-10-11-29)22-26-6-8-28(9-7-26)61-24-34(40(56-61)43(50)51)53-46(65)32-21-52-60-17-15-37(54-44(32)60)59-18-20-67-36(25-59)42(48)49/h1,3,5,15,17,21,24,26,28-29,31,33,35-36,42-43H,6-14,16,18-20,22-23,25H2,(H,53,65)(H,55,63,64)/t26?,28?,31?,33-,35+,36-/m0/s1. The Hall–Kier alpha value is -5.98. The van der Waals surface area contributed by atoms with Gasteiger partial charge >= 0.3 is 0 Å². The molecule has 4 aromatic heterocycles. The van der Waals surface area contributed by atoms with E-state index in [9.17, 15) is 31.9 Å². The van der Waals surface area contributed by atoms with E-state index in [1.165, 1.54) is 21.6 Å². The van der Waals surface area contributed by atoms with Crippen LogP contribution in [-0.4, -0.2) is 128 Å². The van der Waals surface area contributed by atoms with Gasteiger partial charge in [0.25, 0.3) is 18.8 Å². The lowest BCUT2D eigenvalue weighted by molar-refractivity contribution is -0.134. The second-order valence-electron chi connectivity index (χ2n) is 18.1. The number of para-hydroxylation sites is 1. The molecule has 4 atom stereocenters. The van der Waals surface area contributed by atoms with Crippen LogP contribution in [0.15, 0.2) is 42.9 Å². The molecule has 5 aliphatic rings. The average molecular weight is 932 g/mol. The molecule has 0 bridgehead atoms. The molecule has 1 unspecified atom stereocenters. The first-order valence-electron chi connectivity index (χ1n) is 23.0. The summed E-state index contributed by atoms with van der Waals surface area (Å²) in [6, 6.07) is 7.38. The van der Waals surface area contributed by atoms with Crippen LogP contribution in [0.4, 0.5) is 33.5 Å². The zero-order chi connectivity index (χ0) is 46.3. The molecule has 67 heavy (non-hydrogen) atoms. The molecule has 354 valence electrons. The van der Waals surface area contributed by atoms with Crippen molar-refractivity contribution in [1.82, 2.24) is 44.4 Å². The number of nitrogens with zero attached hydrogens (tertiary/aromatic N) is 9. The number of benzene rings is 1. The molecule has 3 aliphatic heterocycles. The Kier molecular flexibility index (Phi) is 12.7. The number of aromatic nitrogens is 7. The maximum atomic E-state index is 15.6.